The van der Waals surface area contributed by atoms with Gasteiger partial charge < -0.3 is 13.9 Å². The Bertz CT molecular complexity index is 3420. The van der Waals surface area contributed by atoms with Gasteiger partial charge in [0.2, 0.25) is 0 Å². The van der Waals surface area contributed by atoms with Crippen molar-refractivity contribution in [2.75, 3.05) is 0 Å². The van der Waals surface area contributed by atoms with Gasteiger partial charge in [0.05, 0.1) is 17.1 Å². The van der Waals surface area contributed by atoms with Crippen molar-refractivity contribution in [1.82, 2.24) is 14.1 Å². The molecule has 0 bridgehead atoms. The van der Waals surface area contributed by atoms with Crippen molar-refractivity contribution < 1.29 is 30.4 Å². The molecule has 6 heteroatoms. The molecule has 0 saturated carbocycles. The molecular weight excluding hydrogens is 1060 g/mol. The summed E-state index contributed by atoms with van der Waals surface area (Å²) in [7, 11) is 0. The average molecular weight is 1130 g/mol. The van der Waals surface area contributed by atoms with E-state index in [-0.39, 0.29) is 42.7 Å². The SMILES string of the molecule is CC(C)(C)c1cc(Oc2[c-]c3c(c(C(C)(C)C)c2)c2ccccc2n3-c2cc(C(C)(C)C)ccn2)[c-]c(-n2[c-][n+](-c3cccc(C(C)(C)C)c3)c(C(C)(C)c3ccccc3)c2C(C)(C)c2ccccc2)c1.[Pt]. The predicted octanol–water partition coefficient (Wildman–Crippen LogP) is 16.3. The number of aromatic nitrogens is 4. The first kappa shape index (κ1) is 52.3. The topological polar surface area (TPSA) is 35.9 Å². The second-order valence-electron chi connectivity index (χ2n) is 24.7. The largest absolute Gasteiger partial charge is 0.510 e. The Hall–Kier alpha value is -6.03. The van der Waals surface area contributed by atoms with E-state index in [9.17, 15) is 0 Å². The molecule has 5 nitrogen and oxygen atoms in total. The molecule has 0 fully saturated rings. The van der Waals surface area contributed by atoms with E-state index in [1.165, 1.54) is 27.8 Å². The summed E-state index contributed by atoms with van der Waals surface area (Å²) in [5.41, 5.74) is 11.8. The molecule has 0 aliphatic heterocycles. The maximum Gasteiger partial charge on any atom is 0.267 e. The smallest absolute Gasteiger partial charge is 0.267 e. The average Bonchev–Trinajstić information content (AvgIpc) is 3.89. The molecule has 9 aromatic rings. The van der Waals surface area contributed by atoms with Gasteiger partial charge in [0.25, 0.3) is 6.33 Å². The number of hydrogen-bond acceptors (Lipinski definition) is 2. The van der Waals surface area contributed by atoms with E-state index < -0.39 is 10.8 Å². The summed E-state index contributed by atoms with van der Waals surface area (Å²) in [4.78, 5) is 5.01. The molecule has 72 heavy (non-hydrogen) atoms. The predicted molar refractivity (Wildman–Crippen MR) is 294 cm³/mol. The van der Waals surface area contributed by atoms with E-state index in [1.54, 1.807) is 0 Å². The fourth-order valence-electron chi connectivity index (χ4n) is 10.2. The Balaban J connectivity index is 0.00000693. The van der Waals surface area contributed by atoms with Crippen molar-refractivity contribution in [2.45, 2.75) is 143 Å². The van der Waals surface area contributed by atoms with Crippen molar-refractivity contribution in [2.24, 2.45) is 0 Å². The van der Waals surface area contributed by atoms with Crippen LogP contribution in [0, 0.1) is 18.5 Å². The van der Waals surface area contributed by atoms with Crippen molar-refractivity contribution in [3.05, 3.63) is 209 Å². The molecule has 0 N–H and O–H groups in total. The molecule has 0 amide bonds. The second kappa shape index (κ2) is 18.8. The quantitative estimate of drug-likeness (QED) is 0.107. The molecule has 9 rings (SSSR count). The fraction of sp³-hybridized carbons (Fsp3) is 0.333. The number of fused-ring (bicyclic) bond motifs is 3. The van der Waals surface area contributed by atoms with Crippen LogP contribution in [0.3, 0.4) is 0 Å². The standard InChI is InChI=1S/C66H72N4O.Pt/c1-61(2,3)46-30-25-31-49(36-46)68-43-69(60(66(15,16)45-28-21-18-22-29-45)59(68)65(13,14)44-26-19-17-20-27-44)50-37-48(63(7,8)9)38-51(40-50)71-52-41-54(64(10,11)12)58-53-32-23-24-33-55(53)70(56(58)42-52)57-39-47(34-35-67-57)62(4,5)6;/h17-39,41H,1-16H3;/q-2;. The molecule has 3 aromatic heterocycles. The number of ether oxygens (including phenoxy) is 1. The van der Waals surface area contributed by atoms with Crippen LogP contribution in [0.4, 0.5) is 0 Å². The van der Waals surface area contributed by atoms with E-state index in [1.807, 2.05) is 6.20 Å². The molecule has 0 radical (unpaired) electrons. The van der Waals surface area contributed by atoms with Gasteiger partial charge in [-0.15, -0.1) is 29.8 Å². The summed E-state index contributed by atoms with van der Waals surface area (Å²) in [5.74, 6) is 2.08. The fourth-order valence-corrected chi connectivity index (χ4v) is 10.2. The minimum atomic E-state index is -0.509. The van der Waals surface area contributed by atoms with Gasteiger partial charge in [-0.2, -0.15) is 11.6 Å². The molecule has 0 aliphatic rings. The van der Waals surface area contributed by atoms with Gasteiger partial charge in [0, 0.05) is 55.1 Å². The number of para-hydroxylation sites is 1. The minimum absolute atomic E-state index is 0. The van der Waals surface area contributed by atoms with Gasteiger partial charge in [0.15, 0.2) is 0 Å². The van der Waals surface area contributed by atoms with E-state index in [0.717, 1.165) is 55.9 Å². The van der Waals surface area contributed by atoms with Crippen LogP contribution in [-0.4, -0.2) is 14.1 Å². The summed E-state index contributed by atoms with van der Waals surface area (Å²) in [6.45, 7) is 36.6. The number of pyridine rings is 1. The zero-order chi connectivity index (χ0) is 51.1. The number of benzene rings is 6. The summed E-state index contributed by atoms with van der Waals surface area (Å²) in [6, 6.07) is 58.1. The molecule has 3 heterocycles. The summed E-state index contributed by atoms with van der Waals surface area (Å²) in [6.07, 6.45) is 5.95. The van der Waals surface area contributed by atoms with Gasteiger partial charge in [-0.1, -0.05) is 213 Å². The number of imidazole rings is 1. The van der Waals surface area contributed by atoms with Crippen molar-refractivity contribution in [3.8, 4) is 28.7 Å². The van der Waals surface area contributed by atoms with Gasteiger partial charge >= 0.3 is 0 Å². The zero-order valence-electron chi connectivity index (χ0n) is 45.4. The van der Waals surface area contributed by atoms with Gasteiger partial charge in [-0.05, 0) is 85.3 Å². The van der Waals surface area contributed by atoms with E-state index in [2.05, 4.69) is 282 Å². The van der Waals surface area contributed by atoms with Crippen LogP contribution in [-0.2, 0) is 53.6 Å². The second-order valence-corrected chi connectivity index (χ2v) is 24.7. The van der Waals surface area contributed by atoms with E-state index in [4.69, 9.17) is 9.72 Å². The number of hydrogen-bond donors (Lipinski definition) is 0. The molecular formula is C66H72N4OPt-2. The number of nitrogens with zero attached hydrogens (tertiary/aromatic N) is 4. The van der Waals surface area contributed by atoms with Gasteiger partial charge in [-0.3, -0.25) is 4.57 Å². The van der Waals surface area contributed by atoms with Crippen LogP contribution in [0.25, 0.3) is 39.0 Å². The van der Waals surface area contributed by atoms with Crippen molar-refractivity contribution >= 4 is 21.8 Å². The monoisotopic (exact) mass is 1130 g/mol. The third-order valence-electron chi connectivity index (χ3n) is 14.5. The normalized spacial score (nSPS) is 12.9. The van der Waals surface area contributed by atoms with E-state index in [0.29, 0.717) is 11.5 Å². The summed E-state index contributed by atoms with van der Waals surface area (Å²) in [5, 5.41) is 2.31. The first-order valence-corrected chi connectivity index (χ1v) is 25.3. The molecule has 0 saturated heterocycles. The first-order valence-electron chi connectivity index (χ1n) is 25.3. The molecule has 0 unspecified atom stereocenters. The molecule has 0 atom stereocenters. The van der Waals surface area contributed by atoms with Gasteiger partial charge in [0.1, 0.15) is 5.82 Å². The third kappa shape index (κ3) is 9.79. The van der Waals surface area contributed by atoms with Crippen LogP contribution in [0.5, 0.6) is 11.5 Å². The summed E-state index contributed by atoms with van der Waals surface area (Å²) < 4.78 is 14.1. The Morgan fingerprint density at radius 3 is 1.67 bits per heavy atom. The molecule has 374 valence electrons. The zero-order valence-corrected chi connectivity index (χ0v) is 47.6. The maximum atomic E-state index is 7.23. The van der Waals surface area contributed by atoms with Crippen molar-refractivity contribution in [3.63, 3.8) is 0 Å². The Kier molecular flexibility index (Phi) is 13.6. The molecule has 0 aliphatic carbocycles. The Labute approximate surface area is 444 Å². The van der Waals surface area contributed by atoms with Gasteiger partial charge in [-0.25, -0.2) is 4.98 Å². The van der Waals surface area contributed by atoms with Crippen LogP contribution in [0.1, 0.15) is 156 Å². The summed E-state index contributed by atoms with van der Waals surface area (Å²) >= 11 is 0. The van der Waals surface area contributed by atoms with Crippen molar-refractivity contribution in [1.29, 1.82) is 0 Å². The Morgan fingerprint density at radius 2 is 1.06 bits per heavy atom. The van der Waals surface area contributed by atoms with E-state index >= 15 is 0 Å². The molecule has 0 spiro atoms. The first-order chi connectivity index (χ1) is 33.2. The Morgan fingerprint density at radius 1 is 0.500 bits per heavy atom. The van der Waals surface area contributed by atoms with Crippen LogP contribution in [0.15, 0.2) is 146 Å². The van der Waals surface area contributed by atoms with Crippen LogP contribution in [0.2, 0.25) is 0 Å². The third-order valence-corrected chi connectivity index (χ3v) is 14.5. The minimum Gasteiger partial charge on any atom is -0.510 e. The number of rotatable bonds is 9. The molecule has 6 aromatic carbocycles. The van der Waals surface area contributed by atoms with Crippen LogP contribution < -0.4 is 9.30 Å². The maximum absolute atomic E-state index is 7.23. The van der Waals surface area contributed by atoms with Crippen LogP contribution >= 0.6 is 0 Å².